The quantitative estimate of drug-likeness (QED) is 0.146. The lowest BCUT2D eigenvalue weighted by molar-refractivity contribution is -0.107. The Kier molecular flexibility index (Phi) is 33.4. The first-order valence-electron chi connectivity index (χ1n) is 12.9. The van der Waals surface area contributed by atoms with Crippen LogP contribution >= 0.6 is 0 Å². The Bertz CT molecular complexity index is 241. The first kappa shape index (κ1) is 29.8. The molecule has 0 unspecified atom stereocenters. The van der Waals surface area contributed by atoms with Crippen LogP contribution < -0.4 is 0 Å². The monoisotopic (exact) mass is 398 g/mol. The van der Waals surface area contributed by atoms with Crippen molar-refractivity contribution < 1.29 is 9.90 Å². The second kappa shape index (κ2) is 31.3. The topological polar surface area (TPSA) is 37.3 Å². The van der Waals surface area contributed by atoms with Gasteiger partial charge in [0.15, 0.2) is 0 Å². The second-order valence-corrected chi connectivity index (χ2v) is 8.40. The van der Waals surface area contributed by atoms with E-state index in [0.717, 1.165) is 25.5 Å². The maximum absolute atomic E-state index is 10.0. The molecule has 0 radical (unpaired) electrons. The zero-order chi connectivity index (χ0) is 21.0. The van der Waals surface area contributed by atoms with Crippen LogP contribution in [0.1, 0.15) is 155 Å². The number of aldehydes is 1. The van der Waals surface area contributed by atoms with Crippen molar-refractivity contribution in [2.45, 2.75) is 155 Å². The summed E-state index contributed by atoms with van der Waals surface area (Å²) in [6.45, 7) is 4.89. The van der Waals surface area contributed by atoms with Gasteiger partial charge in [0, 0.05) is 13.0 Å². The normalized spacial score (nSPS) is 10.5. The molecule has 2 heteroatoms. The number of carbonyl (C=O) groups is 1. The molecular weight excluding hydrogens is 344 g/mol. The molecule has 2 nitrogen and oxygen atoms in total. The van der Waals surface area contributed by atoms with E-state index in [1.807, 2.05) is 0 Å². The molecule has 0 aliphatic heterocycles. The number of hydrogen-bond acceptors (Lipinski definition) is 2. The molecule has 28 heavy (non-hydrogen) atoms. The zero-order valence-electron chi connectivity index (χ0n) is 19.7. The molecule has 0 saturated carbocycles. The lowest BCUT2D eigenvalue weighted by Crippen LogP contribution is -1.84. The van der Waals surface area contributed by atoms with Gasteiger partial charge in [-0.25, -0.2) is 0 Å². The number of carbonyl (C=O) groups excluding carboxylic acids is 1. The van der Waals surface area contributed by atoms with E-state index in [1.165, 1.54) is 122 Å². The van der Waals surface area contributed by atoms with Crippen LogP contribution in [-0.2, 0) is 4.79 Å². The Labute approximate surface area is 178 Å². The van der Waals surface area contributed by atoms with Crippen molar-refractivity contribution in [3.05, 3.63) is 0 Å². The van der Waals surface area contributed by atoms with Crippen LogP contribution in [0.15, 0.2) is 0 Å². The van der Waals surface area contributed by atoms with Crippen LogP contribution in [0.4, 0.5) is 0 Å². The number of aliphatic hydroxyl groups excluding tert-OH is 1. The van der Waals surface area contributed by atoms with Gasteiger partial charge in [0.2, 0.25) is 0 Å². The molecule has 0 heterocycles. The predicted octanol–water partition coefficient (Wildman–Crippen LogP) is 8.79. The molecule has 0 fully saturated rings. The summed E-state index contributed by atoms with van der Waals surface area (Å²) in [6.07, 6.45) is 30.0. The van der Waals surface area contributed by atoms with Gasteiger partial charge in [0.25, 0.3) is 0 Å². The van der Waals surface area contributed by atoms with E-state index in [-0.39, 0.29) is 0 Å². The van der Waals surface area contributed by atoms with Gasteiger partial charge in [-0.15, -0.1) is 0 Å². The van der Waals surface area contributed by atoms with Crippen LogP contribution in [-0.4, -0.2) is 18.0 Å². The van der Waals surface area contributed by atoms with E-state index in [9.17, 15) is 4.79 Å². The van der Waals surface area contributed by atoms with Gasteiger partial charge in [-0.1, -0.05) is 136 Å². The van der Waals surface area contributed by atoms with Gasteiger partial charge in [-0.2, -0.15) is 0 Å². The summed E-state index contributed by atoms with van der Waals surface area (Å²) in [5, 5.41) is 8.59. The molecule has 0 rings (SSSR count). The lowest BCUT2D eigenvalue weighted by atomic mass is 10.1. The summed E-state index contributed by atoms with van der Waals surface area (Å²) >= 11 is 0. The molecule has 0 aromatic heterocycles. The number of unbranched alkanes of at least 4 members (excludes halogenated alkanes) is 20. The van der Waals surface area contributed by atoms with Crippen LogP contribution in [0, 0.1) is 0 Å². The molecule has 0 aliphatic rings. The van der Waals surface area contributed by atoms with Gasteiger partial charge in [0.1, 0.15) is 6.29 Å². The van der Waals surface area contributed by atoms with Crippen LogP contribution in [0.25, 0.3) is 0 Å². The van der Waals surface area contributed by atoms with Gasteiger partial charge >= 0.3 is 0 Å². The fraction of sp³-hybridized carbons (Fsp3) is 0.962. The van der Waals surface area contributed by atoms with Gasteiger partial charge in [-0.05, 0) is 12.8 Å². The van der Waals surface area contributed by atoms with E-state index in [0.29, 0.717) is 6.61 Å². The van der Waals surface area contributed by atoms with Crippen LogP contribution in [0.3, 0.4) is 0 Å². The summed E-state index contributed by atoms with van der Waals surface area (Å²) in [5.41, 5.74) is 0. The number of hydrogen-bond donors (Lipinski definition) is 1. The minimum absolute atomic E-state index is 0.372. The van der Waals surface area contributed by atoms with Crippen molar-refractivity contribution in [3.63, 3.8) is 0 Å². The molecule has 0 amide bonds. The van der Waals surface area contributed by atoms with Gasteiger partial charge in [-0.3, -0.25) is 0 Å². The summed E-state index contributed by atoms with van der Waals surface area (Å²) < 4.78 is 0. The molecule has 1 N–H and O–H groups in total. The Morgan fingerprint density at radius 2 is 0.750 bits per heavy atom. The van der Waals surface area contributed by atoms with Crippen LogP contribution in [0.5, 0.6) is 0 Å². The molecule has 0 aromatic carbocycles. The van der Waals surface area contributed by atoms with Crippen LogP contribution in [0.2, 0.25) is 0 Å². The summed E-state index contributed by atoms with van der Waals surface area (Å²) in [7, 11) is 0. The van der Waals surface area contributed by atoms with Crippen molar-refractivity contribution in [3.8, 4) is 0 Å². The maximum atomic E-state index is 10.0. The highest BCUT2D eigenvalue weighted by Gasteiger charge is 1.93. The smallest absolute Gasteiger partial charge is 0.119 e. The average Bonchev–Trinajstić information content (AvgIpc) is 2.71. The van der Waals surface area contributed by atoms with Crippen molar-refractivity contribution >= 4 is 6.29 Å². The Hall–Kier alpha value is -0.370. The Balaban J connectivity index is 0. The molecule has 0 aromatic rings. The predicted molar refractivity (Wildman–Crippen MR) is 126 cm³/mol. The third-order valence-corrected chi connectivity index (χ3v) is 5.44. The van der Waals surface area contributed by atoms with Crippen molar-refractivity contribution in [2.24, 2.45) is 0 Å². The molecule has 0 aliphatic carbocycles. The maximum Gasteiger partial charge on any atom is 0.119 e. The SMILES string of the molecule is CCCCCCCCCCCCC=O.CCCCCCCCCCCCCO. The van der Waals surface area contributed by atoms with E-state index in [1.54, 1.807) is 0 Å². The summed E-state index contributed by atoms with van der Waals surface area (Å²) in [5.74, 6) is 0. The highest BCUT2D eigenvalue weighted by atomic mass is 16.2. The molecule has 0 saturated heterocycles. The third kappa shape index (κ3) is 33.2. The van der Waals surface area contributed by atoms with Gasteiger partial charge < -0.3 is 9.90 Å². The Morgan fingerprint density at radius 3 is 1.04 bits per heavy atom. The first-order valence-corrected chi connectivity index (χ1v) is 12.9. The first-order chi connectivity index (χ1) is 13.8. The summed E-state index contributed by atoms with van der Waals surface area (Å²) in [4.78, 5) is 10.0. The molecule has 170 valence electrons. The Morgan fingerprint density at radius 1 is 0.464 bits per heavy atom. The van der Waals surface area contributed by atoms with E-state index in [4.69, 9.17) is 5.11 Å². The number of aliphatic hydroxyl groups is 1. The third-order valence-electron chi connectivity index (χ3n) is 5.44. The molecule has 0 spiro atoms. The fourth-order valence-electron chi connectivity index (χ4n) is 3.49. The highest BCUT2D eigenvalue weighted by Crippen LogP contribution is 2.11. The second-order valence-electron chi connectivity index (χ2n) is 8.40. The minimum atomic E-state index is 0.372. The van der Waals surface area contributed by atoms with Crippen molar-refractivity contribution in [2.75, 3.05) is 6.61 Å². The van der Waals surface area contributed by atoms with E-state index in [2.05, 4.69) is 13.8 Å². The van der Waals surface area contributed by atoms with Crippen molar-refractivity contribution in [1.82, 2.24) is 0 Å². The number of rotatable bonds is 22. The zero-order valence-corrected chi connectivity index (χ0v) is 19.7. The average molecular weight is 399 g/mol. The molecular formula is C26H54O2. The molecule has 0 atom stereocenters. The largest absolute Gasteiger partial charge is 0.396 e. The fourth-order valence-corrected chi connectivity index (χ4v) is 3.49. The summed E-state index contributed by atoms with van der Waals surface area (Å²) in [6, 6.07) is 0. The van der Waals surface area contributed by atoms with E-state index < -0.39 is 0 Å². The highest BCUT2D eigenvalue weighted by molar-refractivity contribution is 5.48. The molecule has 0 bridgehead atoms. The van der Waals surface area contributed by atoms with Crippen molar-refractivity contribution in [1.29, 1.82) is 0 Å². The van der Waals surface area contributed by atoms with E-state index >= 15 is 0 Å². The lowest BCUT2D eigenvalue weighted by Gasteiger charge is -2.01. The standard InChI is InChI=1S/C13H28O.C13H26O/c2*1-2-3-4-5-6-7-8-9-10-11-12-13-14/h14H,2-13H2,1H3;13H,2-12H2,1H3. The van der Waals surface area contributed by atoms with Gasteiger partial charge in [0.05, 0.1) is 0 Å². The minimum Gasteiger partial charge on any atom is -0.396 e.